The highest BCUT2D eigenvalue weighted by molar-refractivity contribution is 5.96. The third-order valence-electron chi connectivity index (χ3n) is 5.03. The Morgan fingerprint density at radius 2 is 1.55 bits per heavy atom. The molecule has 0 radical (unpaired) electrons. The fraction of sp³-hybridized carbons (Fsp3) is 0.250. The minimum Gasteiger partial charge on any atom is -0.348 e. The normalized spacial score (nSPS) is 10.7. The van der Waals surface area contributed by atoms with Crippen LogP contribution in [0.5, 0.6) is 0 Å². The third-order valence-corrected chi connectivity index (χ3v) is 5.03. The van der Waals surface area contributed by atoms with Crippen molar-refractivity contribution in [2.75, 3.05) is 14.1 Å². The summed E-state index contributed by atoms with van der Waals surface area (Å²) in [6, 6.07) is 17.5. The Hall–Kier alpha value is -3.34. The van der Waals surface area contributed by atoms with Gasteiger partial charge in [-0.15, -0.1) is 0 Å². The fourth-order valence-corrected chi connectivity index (χ4v) is 3.38. The molecule has 0 spiro atoms. The number of nitrogens with one attached hydrogen (secondary N) is 1. The summed E-state index contributed by atoms with van der Waals surface area (Å²) in [5.74, 6) is -0.144. The van der Waals surface area contributed by atoms with Crippen LogP contribution in [0.15, 0.2) is 54.6 Å². The van der Waals surface area contributed by atoms with Gasteiger partial charge in [-0.05, 0) is 56.7 Å². The second-order valence-corrected chi connectivity index (χ2v) is 7.53. The highest BCUT2D eigenvalue weighted by Gasteiger charge is 2.16. The Balaban J connectivity index is 1.72. The Morgan fingerprint density at radius 3 is 2.14 bits per heavy atom. The number of aryl methyl sites for hydroxylation is 2. The van der Waals surface area contributed by atoms with Gasteiger partial charge in [0.2, 0.25) is 0 Å². The molecule has 5 heteroatoms. The maximum Gasteiger partial charge on any atom is 0.253 e. The Kier molecular flexibility index (Phi) is 5.87. The summed E-state index contributed by atoms with van der Waals surface area (Å²) in [7, 11) is 3.45. The van der Waals surface area contributed by atoms with Crippen molar-refractivity contribution in [2.45, 2.75) is 27.3 Å². The molecule has 0 bridgehead atoms. The quantitative estimate of drug-likeness (QED) is 0.716. The zero-order valence-electron chi connectivity index (χ0n) is 17.6. The fourth-order valence-electron chi connectivity index (χ4n) is 3.38. The Labute approximate surface area is 172 Å². The van der Waals surface area contributed by atoms with Gasteiger partial charge in [0.15, 0.2) is 0 Å². The Morgan fingerprint density at radius 1 is 0.931 bits per heavy atom. The molecule has 29 heavy (non-hydrogen) atoms. The first-order chi connectivity index (χ1) is 13.8. The Bertz CT molecular complexity index is 1030. The van der Waals surface area contributed by atoms with Gasteiger partial charge in [0.05, 0.1) is 5.56 Å². The average Bonchev–Trinajstić information content (AvgIpc) is 3.01. The molecule has 0 fully saturated rings. The number of carbonyl (C=O) groups excluding carboxylic acids is 2. The first-order valence-electron chi connectivity index (χ1n) is 9.62. The molecule has 0 unspecified atom stereocenters. The van der Waals surface area contributed by atoms with E-state index in [0.717, 1.165) is 22.6 Å². The summed E-state index contributed by atoms with van der Waals surface area (Å²) in [6.45, 7) is 6.43. The second kappa shape index (κ2) is 8.35. The van der Waals surface area contributed by atoms with Crippen molar-refractivity contribution in [1.29, 1.82) is 0 Å². The molecule has 0 aliphatic heterocycles. The smallest absolute Gasteiger partial charge is 0.253 e. The van der Waals surface area contributed by atoms with Gasteiger partial charge < -0.3 is 14.8 Å². The number of aromatic nitrogens is 1. The molecule has 150 valence electrons. The van der Waals surface area contributed by atoms with E-state index in [2.05, 4.69) is 41.1 Å². The van der Waals surface area contributed by atoms with Crippen LogP contribution < -0.4 is 5.32 Å². The maximum atomic E-state index is 12.8. The van der Waals surface area contributed by atoms with Gasteiger partial charge in [-0.1, -0.05) is 29.8 Å². The van der Waals surface area contributed by atoms with Gasteiger partial charge in [-0.25, -0.2) is 0 Å². The molecule has 2 amide bonds. The van der Waals surface area contributed by atoms with E-state index in [1.54, 1.807) is 31.1 Å². The molecule has 0 atom stereocenters. The molecule has 1 aromatic heterocycles. The lowest BCUT2D eigenvalue weighted by molar-refractivity contribution is 0.0827. The molecule has 0 saturated heterocycles. The number of hydrogen-bond acceptors (Lipinski definition) is 2. The highest BCUT2D eigenvalue weighted by Crippen LogP contribution is 2.21. The number of rotatable bonds is 5. The second-order valence-electron chi connectivity index (χ2n) is 7.53. The zero-order valence-corrected chi connectivity index (χ0v) is 17.6. The van der Waals surface area contributed by atoms with Gasteiger partial charge in [-0.3, -0.25) is 9.59 Å². The van der Waals surface area contributed by atoms with Crippen LogP contribution in [0.2, 0.25) is 0 Å². The molecular formula is C24H27N3O2. The van der Waals surface area contributed by atoms with E-state index in [1.807, 2.05) is 32.0 Å². The molecule has 1 heterocycles. The lowest BCUT2D eigenvalue weighted by Gasteiger charge is -2.11. The van der Waals surface area contributed by atoms with Crippen molar-refractivity contribution in [3.8, 4) is 5.69 Å². The summed E-state index contributed by atoms with van der Waals surface area (Å²) in [5, 5.41) is 2.98. The topological polar surface area (TPSA) is 54.3 Å². The summed E-state index contributed by atoms with van der Waals surface area (Å²) in [5.41, 5.74) is 6.42. The van der Waals surface area contributed by atoms with Crippen molar-refractivity contribution in [3.63, 3.8) is 0 Å². The van der Waals surface area contributed by atoms with Crippen LogP contribution in [0.4, 0.5) is 0 Å². The van der Waals surface area contributed by atoms with Crippen molar-refractivity contribution < 1.29 is 9.59 Å². The lowest BCUT2D eigenvalue weighted by Crippen LogP contribution is -2.24. The van der Waals surface area contributed by atoms with Crippen molar-refractivity contribution in [1.82, 2.24) is 14.8 Å². The van der Waals surface area contributed by atoms with E-state index < -0.39 is 0 Å². The van der Waals surface area contributed by atoms with Crippen LogP contribution in [-0.2, 0) is 6.54 Å². The minimum atomic E-state index is -0.107. The lowest BCUT2D eigenvalue weighted by atomic mass is 10.1. The summed E-state index contributed by atoms with van der Waals surface area (Å²) in [6.07, 6.45) is 0. The van der Waals surface area contributed by atoms with Crippen LogP contribution in [0.25, 0.3) is 5.69 Å². The van der Waals surface area contributed by atoms with Crippen LogP contribution in [0, 0.1) is 20.8 Å². The largest absolute Gasteiger partial charge is 0.348 e. The number of nitrogens with zero attached hydrogens (tertiary/aromatic N) is 2. The standard InChI is InChI=1S/C24H27N3O2/c1-16-6-12-21(13-7-16)27-17(2)14-22(18(27)3)23(28)25-15-19-8-10-20(11-9-19)24(29)26(4)5/h6-14H,15H2,1-5H3,(H,25,28). The van der Waals surface area contributed by atoms with E-state index in [0.29, 0.717) is 17.7 Å². The van der Waals surface area contributed by atoms with E-state index in [-0.39, 0.29) is 11.8 Å². The first-order valence-corrected chi connectivity index (χ1v) is 9.62. The van der Waals surface area contributed by atoms with Gasteiger partial charge in [0.1, 0.15) is 0 Å². The SMILES string of the molecule is Cc1ccc(-n2c(C)cc(C(=O)NCc3ccc(C(=O)N(C)C)cc3)c2C)cc1. The molecule has 0 saturated carbocycles. The molecule has 3 rings (SSSR count). The highest BCUT2D eigenvalue weighted by atomic mass is 16.2. The monoisotopic (exact) mass is 389 g/mol. The predicted octanol–water partition coefficient (Wildman–Crippen LogP) is 4.03. The number of hydrogen-bond donors (Lipinski definition) is 1. The van der Waals surface area contributed by atoms with Crippen molar-refractivity contribution >= 4 is 11.8 Å². The number of amides is 2. The van der Waals surface area contributed by atoms with E-state index in [1.165, 1.54) is 5.56 Å². The summed E-state index contributed by atoms with van der Waals surface area (Å²) >= 11 is 0. The maximum absolute atomic E-state index is 12.8. The van der Waals surface area contributed by atoms with Gasteiger partial charge in [0.25, 0.3) is 11.8 Å². The molecule has 0 aliphatic carbocycles. The average molecular weight is 389 g/mol. The van der Waals surface area contributed by atoms with Gasteiger partial charge >= 0.3 is 0 Å². The minimum absolute atomic E-state index is 0.0378. The zero-order chi connectivity index (χ0) is 21.1. The van der Waals surface area contributed by atoms with E-state index in [4.69, 9.17) is 0 Å². The molecule has 2 aromatic carbocycles. The van der Waals surface area contributed by atoms with Crippen molar-refractivity contribution in [2.24, 2.45) is 0 Å². The van der Waals surface area contributed by atoms with Crippen LogP contribution in [0.3, 0.4) is 0 Å². The first kappa shape index (κ1) is 20.4. The molecule has 0 aliphatic rings. The number of carbonyl (C=O) groups is 2. The van der Waals surface area contributed by atoms with E-state index in [9.17, 15) is 9.59 Å². The van der Waals surface area contributed by atoms with Gasteiger partial charge in [0, 0.05) is 43.3 Å². The van der Waals surface area contributed by atoms with Crippen LogP contribution in [0.1, 0.15) is 43.2 Å². The molecule has 1 N–H and O–H groups in total. The predicted molar refractivity (Wildman–Crippen MR) is 116 cm³/mol. The molecular weight excluding hydrogens is 362 g/mol. The van der Waals surface area contributed by atoms with Crippen LogP contribution >= 0.6 is 0 Å². The molecule has 3 aromatic rings. The van der Waals surface area contributed by atoms with Crippen molar-refractivity contribution in [3.05, 3.63) is 88.2 Å². The molecule has 5 nitrogen and oxygen atoms in total. The summed E-state index contributed by atoms with van der Waals surface area (Å²) in [4.78, 5) is 26.3. The summed E-state index contributed by atoms with van der Waals surface area (Å²) < 4.78 is 2.09. The third kappa shape index (κ3) is 4.40. The van der Waals surface area contributed by atoms with E-state index >= 15 is 0 Å². The number of benzene rings is 2. The van der Waals surface area contributed by atoms with Crippen LogP contribution in [-0.4, -0.2) is 35.4 Å². The van der Waals surface area contributed by atoms with Gasteiger partial charge in [-0.2, -0.15) is 0 Å².